The van der Waals surface area contributed by atoms with E-state index in [2.05, 4.69) is 31.3 Å². The third-order valence-corrected chi connectivity index (χ3v) is 5.00. The van der Waals surface area contributed by atoms with Crippen molar-refractivity contribution in [3.05, 3.63) is 62.8 Å². The number of rotatable bonds is 1. The van der Waals surface area contributed by atoms with Gasteiger partial charge in [0.1, 0.15) is 5.70 Å². The minimum Gasteiger partial charge on any atom is -0.298 e. The minimum absolute atomic E-state index is 0.189. The van der Waals surface area contributed by atoms with Gasteiger partial charge in [0.15, 0.2) is 11.3 Å². The Morgan fingerprint density at radius 2 is 2.12 bits per heavy atom. The fraction of sp³-hybridized carbons (Fsp3) is 0.176. The lowest BCUT2D eigenvalue weighted by atomic mass is 10.1. The van der Waals surface area contributed by atoms with Gasteiger partial charge in [-0.1, -0.05) is 33.8 Å². The van der Waals surface area contributed by atoms with Gasteiger partial charge in [-0.15, -0.1) is 5.10 Å². The lowest BCUT2D eigenvalue weighted by Gasteiger charge is -2.33. The van der Waals surface area contributed by atoms with Crippen LogP contribution in [-0.4, -0.2) is 27.3 Å². The number of carbonyl (C=O) groups is 1. The molecule has 8 heteroatoms. The predicted molar refractivity (Wildman–Crippen MR) is 101 cm³/mol. The molecule has 2 aromatic rings. The number of nitrogens with zero attached hydrogens (tertiary/aromatic N) is 4. The maximum absolute atomic E-state index is 12.8. The molecule has 1 aromatic carbocycles. The first-order chi connectivity index (χ1) is 12.1. The molecule has 1 atom stereocenters. The van der Waals surface area contributed by atoms with E-state index in [0.29, 0.717) is 10.9 Å². The van der Waals surface area contributed by atoms with Gasteiger partial charge in [0.05, 0.1) is 11.1 Å². The van der Waals surface area contributed by atoms with E-state index < -0.39 is 6.17 Å². The molecule has 0 aliphatic carbocycles. The number of fused-ring (bicyclic) bond motifs is 2. The number of hydrogen-bond donors (Lipinski definition) is 1. The zero-order chi connectivity index (χ0) is 17.6. The van der Waals surface area contributed by atoms with Crippen LogP contribution in [0.1, 0.15) is 17.6 Å². The third-order valence-electron chi connectivity index (χ3n) is 3.94. The van der Waals surface area contributed by atoms with Crippen molar-refractivity contribution in [1.29, 1.82) is 0 Å². The molecule has 6 nitrogen and oxygen atoms in total. The van der Waals surface area contributed by atoms with Crippen LogP contribution in [0.3, 0.4) is 0 Å². The lowest BCUT2D eigenvalue weighted by molar-refractivity contribution is -0.116. The number of hydrazone groups is 1. The SMILES string of the molecule is CSC1=NN2C(=c3cc(Br)ccc3=NC2c2cccc(C)n2)C(=O)N1. The summed E-state index contributed by atoms with van der Waals surface area (Å²) < 4.78 is 0.883. The Hall–Kier alpha value is -2.19. The van der Waals surface area contributed by atoms with E-state index in [-0.39, 0.29) is 5.91 Å². The van der Waals surface area contributed by atoms with E-state index in [0.717, 1.165) is 26.4 Å². The molecule has 0 spiro atoms. The standard InChI is InChI=1S/C17H14BrN5OS/c1-9-4-3-5-13(19-9)15-20-12-7-6-10(18)8-11(12)14-16(24)21-17(25-2)22-23(14)15/h3-8,15H,1-2H3,(H,21,22,24). The number of halogens is 1. The molecule has 2 aliphatic rings. The first kappa shape index (κ1) is 16.3. The van der Waals surface area contributed by atoms with Crippen molar-refractivity contribution >= 4 is 44.5 Å². The van der Waals surface area contributed by atoms with Gasteiger partial charge in [-0.05, 0) is 43.5 Å². The van der Waals surface area contributed by atoms with Crippen molar-refractivity contribution in [3.63, 3.8) is 0 Å². The summed E-state index contributed by atoms with van der Waals surface area (Å²) >= 11 is 4.85. The van der Waals surface area contributed by atoms with E-state index in [1.54, 1.807) is 5.01 Å². The van der Waals surface area contributed by atoms with Gasteiger partial charge < -0.3 is 0 Å². The molecule has 2 aliphatic heterocycles. The molecule has 25 heavy (non-hydrogen) atoms. The molecule has 0 fully saturated rings. The number of aryl methyl sites for hydroxylation is 1. The van der Waals surface area contributed by atoms with Gasteiger partial charge in [0.25, 0.3) is 5.91 Å². The van der Waals surface area contributed by atoms with Crippen molar-refractivity contribution < 1.29 is 4.79 Å². The smallest absolute Gasteiger partial charge is 0.276 e. The molecule has 1 N–H and O–H groups in total. The summed E-state index contributed by atoms with van der Waals surface area (Å²) in [5.74, 6) is -0.189. The maximum atomic E-state index is 12.8. The summed E-state index contributed by atoms with van der Waals surface area (Å²) in [6.07, 6.45) is 1.40. The average molecular weight is 416 g/mol. The number of hydrogen-bond acceptors (Lipinski definition) is 6. The van der Waals surface area contributed by atoms with Crippen LogP contribution < -0.4 is 15.9 Å². The Kier molecular flexibility index (Phi) is 4.09. The highest BCUT2D eigenvalue weighted by Gasteiger charge is 2.34. The molecule has 0 saturated heterocycles. The van der Waals surface area contributed by atoms with Gasteiger partial charge in [-0.3, -0.25) is 20.1 Å². The van der Waals surface area contributed by atoms with Crippen molar-refractivity contribution in [1.82, 2.24) is 15.3 Å². The Balaban J connectivity index is 2.01. The van der Waals surface area contributed by atoms with E-state index in [1.807, 2.05) is 49.6 Å². The second-order valence-electron chi connectivity index (χ2n) is 5.62. The largest absolute Gasteiger partial charge is 0.298 e. The van der Waals surface area contributed by atoms with Crippen molar-refractivity contribution in [2.24, 2.45) is 10.1 Å². The van der Waals surface area contributed by atoms with Crippen LogP contribution in [0.15, 0.2) is 51.0 Å². The highest BCUT2D eigenvalue weighted by molar-refractivity contribution is 9.10. The highest BCUT2D eigenvalue weighted by Crippen LogP contribution is 2.29. The number of carbonyl (C=O) groups excluding carboxylic acids is 1. The van der Waals surface area contributed by atoms with E-state index in [1.165, 1.54) is 11.8 Å². The predicted octanol–water partition coefficient (Wildman–Crippen LogP) is 1.66. The number of thioether (sulfide) groups is 1. The Morgan fingerprint density at radius 1 is 1.28 bits per heavy atom. The summed E-state index contributed by atoms with van der Waals surface area (Å²) in [7, 11) is 0. The second kappa shape index (κ2) is 6.27. The van der Waals surface area contributed by atoms with Crippen LogP contribution in [0, 0.1) is 6.92 Å². The number of amides is 1. The van der Waals surface area contributed by atoms with E-state index in [4.69, 9.17) is 4.99 Å². The molecule has 3 heterocycles. The monoisotopic (exact) mass is 415 g/mol. The first-order valence-electron chi connectivity index (χ1n) is 7.61. The summed E-state index contributed by atoms with van der Waals surface area (Å²) in [6.45, 7) is 1.93. The van der Waals surface area contributed by atoms with Crippen LogP contribution in [0.25, 0.3) is 5.70 Å². The molecule has 0 bridgehead atoms. The zero-order valence-corrected chi connectivity index (χ0v) is 15.9. The molecule has 1 unspecified atom stereocenters. The summed E-state index contributed by atoms with van der Waals surface area (Å²) in [4.78, 5) is 22.2. The number of nitrogens with one attached hydrogen (secondary N) is 1. The van der Waals surface area contributed by atoms with Crippen molar-refractivity contribution in [3.8, 4) is 0 Å². The molecular weight excluding hydrogens is 402 g/mol. The minimum atomic E-state index is -0.475. The van der Waals surface area contributed by atoms with Gasteiger partial charge in [-0.25, -0.2) is 5.01 Å². The van der Waals surface area contributed by atoms with Gasteiger partial charge >= 0.3 is 0 Å². The second-order valence-corrected chi connectivity index (χ2v) is 7.34. The normalized spacial score (nSPS) is 18.8. The fourth-order valence-corrected chi connectivity index (χ4v) is 3.57. The van der Waals surface area contributed by atoms with Crippen LogP contribution in [0.2, 0.25) is 0 Å². The number of benzene rings is 1. The van der Waals surface area contributed by atoms with Crippen LogP contribution >= 0.6 is 27.7 Å². The third kappa shape index (κ3) is 2.85. The van der Waals surface area contributed by atoms with Gasteiger partial charge in [-0.2, -0.15) is 0 Å². The van der Waals surface area contributed by atoms with E-state index in [9.17, 15) is 4.79 Å². The van der Waals surface area contributed by atoms with Crippen molar-refractivity contribution in [2.75, 3.05) is 6.26 Å². The fourth-order valence-electron chi connectivity index (χ4n) is 2.84. The molecule has 126 valence electrons. The topological polar surface area (TPSA) is 70.0 Å². The maximum Gasteiger partial charge on any atom is 0.276 e. The molecule has 1 amide bonds. The van der Waals surface area contributed by atoms with Crippen LogP contribution in [0.5, 0.6) is 0 Å². The summed E-state index contributed by atoms with van der Waals surface area (Å²) in [5, 5.41) is 11.1. The van der Waals surface area contributed by atoms with Crippen molar-refractivity contribution in [2.45, 2.75) is 13.1 Å². The number of aromatic nitrogens is 1. The summed E-state index contributed by atoms with van der Waals surface area (Å²) in [6, 6.07) is 11.5. The first-order valence-corrected chi connectivity index (χ1v) is 9.63. The number of pyridine rings is 1. The number of amidine groups is 1. The Labute approximate surface area is 156 Å². The highest BCUT2D eigenvalue weighted by atomic mass is 79.9. The van der Waals surface area contributed by atoms with Gasteiger partial charge in [0, 0.05) is 15.4 Å². The zero-order valence-electron chi connectivity index (χ0n) is 13.5. The molecular formula is C17H14BrN5OS. The van der Waals surface area contributed by atoms with Crippen LogP contribution in [-0.2, 0) is 4.79 Å². The quantitative estimate of drug-likeness (QED) is 0.768. The summed E-state index contributed by atoms with van der Waals surface area (Å²) in [5.41, 5.74) is 2.13. The molecule has 0 radical (unpaired) electrons. The van der Waals surface area contributed by atoms with Crippen LogP contribution in [0.4, 0.5) is 0 Å². The molecule has 0 saturated carbocycles. The Bertz CT molecular complexity index is 1040. The van der Waals surface area contributed by atoms with Gasteiger partial charge in [0.2, 0.25) is 0 Å². The molecule has 4 rings (SSSR count). The van der Waals surface area contributed by atoms with E-state index >= 15 is 0 Å². The lowest BCUT2D eigenvalue weighted by Crippen LogP contribution is -2.50. The average Bonchev–Trinajstić information content (AvgIpc) is 2.60. The Morgan fingerprint density at radius 3 is 2.88 bits per heavy atom. The molecule has 1 aromatic heterocycles.